The highest BCUT2D eigenvalue weighted by molar-refractivity contribution is 5.75. The van der Waals surface area contributed by atoms with Crippen molar-refractivity contribution < 1.29 is 0 Å². The highest BCUT2D eigenvalue weighted by atomic mass is 15.1. The molecule has 0 saturated heterocycles. The van der Waals surface area contributed by atoms with Crippen molar-refractivity contribution in [2.75, 3.05) is 7.05 Å². The molecule has 3 nitrogen and oxygen atoms in total. The molecule has 0 aliphatic carbocycles. The zero-order chi connectivity index (χ0) is 13.7. The number of likely N-dealkylation sites (N-methyl/N-ethyl adjacent to an activating group) is 1. The summed E-state index contributed by atoms with van der Waals surface area (Å²) in [5, 5.41) is 3.43. The van der Waals surface area contributed by atoms with Gasteiger partial charge in [-0.15, -0.1) is 0 Å². The monoisotopic (exact) mass is 259 g/mol. The lowest BCUT2D eigenvalue weighted by Gasteiger charge is -2.18. The Bertz CT molecular complexity index is 516. The summed E-state index contributed by atoms with van der Waals surface area (Å²) >= 11 is 0. The van der Waals surface area contributed by atoms with E-state index in [4.69, 9.17) is 4.98 Å². The van der Waals surface area contributed by atoms with Crippen LogP contribution in [0.5, 0.6) is 0 Å². The predicted octanol–water partition coefficient (Wildman–Crippen LogP) is 3.38. The Labute approximate surface area is 116 Å². The number of imidazole rings is 1. The van der Waals surface area contributed by atoms with Crippen LogP contribution in [0.4, 0.5) is 0 Å². The van der Waals surface area contributed by atoms with Crippen molar-refractivity contribution in [1.29, 1.82) is 0 Å². The second kappa shape index (κ2) is 6.71. The second-order valence-electron chi connectivity index (χ2n) is 5.15. The number of fused-ring (bicyclic) bond motifs is 1. The minimum atomic E-state index is 0.526. The van der Waals surface area contributed by atoms with E-state index in [0.717, 1.165) is 24.9 Å². The first-order chi connectivity index (χ1) is 9.30. The van der Waals surface area contributed by atoms with Crippen LogP contribution in [0.25, 0.3) is 11.0 Å². The van der Waals surface area contributed by atoms with Gasteiger partial charge in [0.25, 0.3) is 0 Å². The van der Waals surface area contributed by atoms with Crippen molar-refractivity contribution >= 4 is 11.0 Å². The van der Waals surface area contributed by atoms with Gasteiger partial charge < -0.3 is 9.88 Å². The van der Waals surface area contributed by atoms with Crippen molar-refractivity contribution in [3.05, 3.63) is 30.1 Å². The van der Waals surface area contributed by atoms with Gasteiger partial charge in [0.1, 0.15) is 5.82 Å². The number of hydrogen-bond acceptors (Lipinski definition) is 2. The number of hydrogen-bond donors (Lipinski definition) is 1. The molecule has 1 aromatic carbocycles. The molecule has 0 bridgehead atoms. The van der Waals surface area contributed by atoms with E-state index < -0.39 is 0 Å². The molecule has 0 amide bonds. The van der Waals surface area contributed by atoms with E-state index in [0.29, 0.717) is 6.04 Å². The molecular formula is C16H25N3. The molecule has 0 spiro atoms. The molecule has 1 unspecified atom stereocenters. The standard InChI is InChI=1S/C16H25N3/c1-4-8-13(17-3)12-19-15-11-7-6-10-14(15)18-16(19)9-5-2/h6-7,10-11,13,17H,4-5,8-9,12H2,1-3H3. The normalized spacial score (nSPS) is 13.0. The summed E-state index contributed by atoms with van der Waals surface area (Å²) in [6.07, 6.45) is 4.61. The van der Waals surface area contributed by atoms with Crippen molar-refractivity contribution in [3.8, 4) is 0 Å². The molecule has 1 aromatic heterocycles. The Morgan fingerprint density at radius 2 is 2.00 bits per heavy atom. The predicted molar refractivity (Wildman–Crippen MR) is 81.5 cm³/mol. The molecule has 0 fully saturated rings. The van der Waals surface area contributed by atoms with Gasteiger partial charge in [0.15, 0.2) is 0 Å². The largest absolute Gasteiger partial charge is 0.326 e. The van der Waals surface area contributed by atoms with Crippen LogP contribution in [0.15, 0.2) is 24.3 Å². The quantitative estimate of drug-likeness (QED) is 0.826. The van der Waals surface area contributed by atoms with E-state index in [1.807, 2.05) is 0 Å². The van der Waals surface area contributed by atoms with Crippen LogP contribution in [0.1, 0.15) is 38.9 Å². The number of para-hydroxylation sites is 2. The van der Waals surface area contributed by atoms with Gasteiger partial charge in [-0.2, -0.15) is 0 Å². The first kappa shape index (κ1) is 14.1. The number of aromatic nitrogens is 2. The van der Waals surface area contributed by atoms with E-state index in [1.165, 1.54) is 24.2 Å². The molecule has 0 radical (unpaired) electrons. The molecule has 2 aromatic rings. The maximum atomic E-state index is 4.79. The Balaban J connectivity index is 2.35. The summed E-state index contributed by atoms with van der Waals surface area (Å²) in [4.78, 5) is 4.79. The van der Waals surface area contributed by atoms with Crippen LogP contribution in [-0.2, 0) is 13.0 Å². The van der Waals surface area contributed by atoms with E-state index in [2.05, 4.69) is 55.0 Å². The zero-order valence-corrected chi connectivity index (χ0v) is 12.3. The maximum absolute atomic E-state index is 4.79. The lowest BCUT2D eigenvalue weighted by molar-refractivity contribution is 0.446. The van der Waals surface area contributed by atoms with E-state index in [1.54, 1.807) is 0 Å². The van der Waals surface area contributed by atoms with E-state index >= 15 is 0 Å². The van der Waals surface area contributed by atoms with Crippen molar-refractivity contribution in [3.63, 3.8) is 0 Å². The van der Waals surface area contributed by atoms with Crippen LogP contribution < -0.4 is 5.32 Å². The van der Waals surface area contributed by atoms with Gasteiger partial charge in [-0.25, -0.2) is 4.98 Å². The van der Waals surface area contributed by atoms with Gasteiger partial charge in [-0.1, -0.05) is 32.4 Å². The molecule has 2 rings (SSSR count). The van der Waals surface area contributed by atoms with Gasteiger partial charge in [0.05, 0.1) is 11.0 Å². The van der Waals surface area contributed by atoms with Crippen LogP contribution in [0.3, 0.4) is 0 Å². The van der Waals surface area contributed by atoms with Crippen LogP contribution in [0, 0.1) is 0 Å². The second-order valence-corrected chi connectivity index (χ2v) is 5.15. The number of rotatable bonds is 7. The minimum absolute atomic E-state index is 0.526. The SMILES string of the molecule is CCCc1nc2ccccc2n1CC(CCC)NC. The maximum Gasteiger partial charge on any atom is 0.109 e. The first-order valence-electron chi connectivity index (χ1n) is 7.41. The highest BCUT2D eigenvalue weighted by Crippen LogP contribution is 2.18. The van der Waals surface area contributed by atoms with Gasteiger partial charge in [0.2, 0.25) is 0 Å². The summed E-state index contributed by atoms with van der Waals surface area (Å²) in [6, 6.07) is 8.99. The van der Waals surface area contributed by atoms with E-state index in [9.17, 15) is 0 Å². The minimum Gasteiger partial charge on any atom is -0.326 e. The zero-order valence-electron chi connectivity index (χ0n) is 12.3. The summed E-state index contributed by atoms with van der Waals surface area (Å²) < 4.78 is 2.40. The highest BCUT2D eigenvalue weighted by Gasteiger charge is 2.13. The van der Waals surface area contributed by atoms with Gasteiger partial charge in [0, 0.05) is 19.0 Å². The van der Waals surface area contributed by atoms with Gasteiger partial charge >= 0.3 is 0 Å². The molecule has 19 heavy (non-hydrogen) atoms. The van der Waals surface area contributed by atoms with Crippen molar-refractivity contribution in [1.82, 2.24) is 14.9 Å². The Kier molecular flexibility index (Phi) is 4.97. The van der Waals surface area contributed by atoms with Crippen molar-refractivity contribution in [2.45, 2.75) is 52.1 Å². The molecular weight excluding hydrogens is 234 g/mol. The number of aryl methyl sites for hydroxylation is 1. The Morgan fingerprint density at radius 3 is 2.68 bits per heavy atom. The third-order valence-electron chi connectivity index (χ3n) is 3.66. The molecule has 0 saturated carbocycles. The molecule has 1 atom stereocenters. The molecule has 0 aliphatic rings. The number of benzene rings is 1. The third-order valence-corrected chi connectivity index (χ3v) is 3.66. The van der Waals surface area contributed by atoms with Gasteiger partial charge in [-0.05, 0) is 32.0 Å². The van der Waals surface area contributed by atoms with Crippen LogP contribution in [-0.4, -0.2) is 22.6 Å². The fourth-order valence-corrected chi connectivity index (χ4v) is 2.64. The van der Waals surface area contributed by atoms with E-state index in [-0.39, 0.29) is 0 Å². The topological polar surface area (TPSA) is 29.9 Å². The molecule has 3 heteroatoms. The fourth-order valence-electron chi connectivity index (χ4n) is 2.64. The molecule has 1 N–H and O–H groups in total. The van der Waals surface area contributed by atoms with Crippen molar-refractivity contribution in [2.24, 2.45) is 0 Å². The fraction of sp³-hybridized carbons (Fsp3) is 0.562. The van der Waals surface area contributed by atoms with Gasteiger partial charge in [-0.3, -0.25) is 0 Å². The third kappa shape index (κ3) is 3.16. The Morgan fingerprint density at radius 1 is 1.21 bits per heavy atom. The lowest BCUT2D eigenvalue weighted by atomic mass is 10.1. The summed E-state index contributed by atoms with van der Waals surface area (Å²) in [6.45, 7) is 5.47. The first-order valence-corrected chi connectivity index (χ1v) is 7.41. The Hall–Kier alpha value is -1.35. The average Bonchev–Trinajstić information content (AvgIpc) is 2.77. The smallest absolute Gasteiger partial charge is 0.109 e. The molecule has 104 valence electrons. The molecule has 1 heterocycles. The van der Waals surface area contributed by atoms with Crippen LogP contribution in [0.2, 0.25) is 0 Å². The number of nitrogens with one attached hydrogen (secondary N) is 1. The summed E-state index contributed by atoms with van der Waals surface area (Å²) in [5.41, 5.74) is 2.39. The number of nitrogens with zero attached hydrogens (tertiary/aromatic N) is 2. The lowest BCUT2D eigenvalue weighted by Crippen LogP contribution is -2.30. The summed E-state index contributed by atoms with van der Waals surface area (Å²) in [7, 11) is 2.05. The molecule has 0 aliphatic heterocycles. The van der Waals surface area contributed by atoms with Crippen LogP contribution >= 0.6 is 0 Å². The summed E-state index contributed by atoms with van der Waals surface area (Å²) in [5.74, 6) is 1.22. The average molecular weight is 259 g/mol.